The summed E-state index contributed by atoms with van der Waals surface area (Å²) in [5.74, 6) is 0. The summed E-state index contributed by atoms with van der Waals surface area (Å²) in [6.45, 7) is 9.13. The number of methoxy groups -OCH3 is 1. The Bertz CT molecular complexity index is 187. The number of ether oxygens (including phenoxy) is 1. The van der Waals surface area contributed by atoms with E-state index in [1.807, 2.05) is 7.11 Å². The van der Waals surface area contributed by atoms with Crippen LogP contribution in [-0.4, -0.2) is 50.3 Å². The van der Waals surface area contributed by atoms with Crippen molar-refractivity contribution in [2.75, 3.05) is 33.3 Å². The number of hydrogen-bond acceptors (Lipinski definition) is 3. The smallest absolute Gasteiger partial charge is 0.0724 e. The highest BCUT2D eigenvalue weighted by Gasteiger charge is 2.23. The van der Waals surface area contributed by atoms with Gasteiger partial charge in [-0.05, 0) is 32.4 Å². The minimum absolute atomic E-state index is 0.435. The summed E-state index contributed by atoms with van der Waals surface area (Å²) in [5, 5.41) is 3.68. The maximum absolute atomic E-state index is 5.56. The molecular weight excluding hydrogens is 212 g/mol. The van der Waals surface area contributed by atoms with E-state index in [4.69, 9.17) is 4.74 Å². The summed E-state index contributed by atoms with van der Waals surface area (Å²) in [4.78, 5) is 2.51. The largest absolute Gasteiger partial charge is 0.380 e. The third-order valence-electron chi connectivity index (χ3n) is 3.83. The molecule has 1 saturated carbocycles. The Morgan fingerprint density at radius 2 is 1.94 bits per heavy atom. The predicted octanol–water partition coefficient (Wildman–Crippen LogP) is 2.27. The van der Waals surface area contributed by atoms with Crippen LogP contribution in [0.3, 0.4) is 0 Å². The second kappa shape index (κ2) is 8.90. The summed E-state index contributed by atoms with van der Waals surface area (Å²) in [6, 6.07) is 0.578. The van der Waals surface area contributed by atoms with Crippen LogP contribution in [-0.2, 0) is 4.74 Å². The van der Waals surface area contributed by atoms with E-state index in [-0.39, 0.29) is 0 Å². The van der Waals surface area contributed by atoms with E-state index in [2.05, 4.69) is 24.1 Å². The minimum Gasteiger partial charge on any atom is -0.380 e. The average molecular weight is 242 g/mol. The van der Waals surface area contributed by atoms with Crippen LogP contribution in [0.25, 0.3) is 0 Å². The zero-order valence-electron chi connectivity index (χ0n) is 11.9. The Kier molecular flexibility index (Phi) is 7.82. The molecular formula is C14H30N2O. The highest BCUT2D eigenvalue weighted by atomic mass is 16.5. The maximum atomic E-state index is 5.56. The van der Waals surface area contributed by atoms with Crippen LogP contribution in [0.2, 0.25) is 0 Å². The zero-order chi connectivity index (χ0) is 12.5. The standard InChI is InChI=1S/C14H30N2O/c1-4-11-16(5-2)12-10-15-13-8-6-7-9-14(13)17-3/h13-15H,4-12H2,1-3H3. The van der Waals surface area contributed by atoms with E-state index in [0.717, 1.165) is 19.6 Å². The van der Waals surface area contributed by atoms with Crippen molar-refractivity contribution in [2.45, 2.75) is 58.1 Å². The van der Waals surface area contributed by atoms with Gasteiger partial charge in [0.15, 0.2) is 0 Å². The molecule has 1 fully saturated rings. The number of nitrogens with one attached hydrogen (secondary N) is 1. The Labute approximate surface area is 107 Å². The van der Waals surface area contributed by atoms with Crippen molar-refractivity contribution in [3.63, 3.8) is 0 Å². The Morgan fingerprint density at radius 1 is 1.18 bits per heavy atom. The normalized spacial score (nSPS) is 25.4. The molecule has 0 aliphatic heterocycles. The van der Waals surface area contributed by atoms with Gasteiger partial charge in [0, 0.05) is 26.2 Å². The highest BCUT2D eigenvalue weighted by Crippen LogP contribution is 2.20. The maximum Gasteiger partial charge on any atom is 0.0724 e. The molecule has 0 aromatic heterocycles. The third-order valence-corrected chi connectivity index (χ3v) is 3.83. The predicted molar refractivity (Wildman–Crippen MR) is 73.5 cm³/mol. The fraction of sp³-hybridized carbons (Fsp3) is 1.00. The van der Waals surface area contributed by atoms with E-state index < -0.39 is 0 Å². The van der Waals surface area contributed by atoms with Gasteiger partial charge in [-0.25, -0.2) is 0 Å². The van der Waals surface area contributed by atoms with Gasteiger partial charge < -0.3 is 15.0 Å². The summed E-state index contributed by atoms with van der Waals surface area (Å²) in [6.07, 6.45) is 6.86. The second-order valence-corrected chi connectivity index (χ2v) is 5.05. The molecule has 1 rings (SSSR count). The van der Waals surface area contributed by atoms with Gasteiger partial charge in [0.05, 0.1) is 6.10 Å². The van der Waals surface area contributed by atoms with E-state index >= 15 is 0 Å². The molecule has 0 saturated heterocycles. The Hall–Kier alpha value is -0.120. The van der Waals surface area contributed by atoms with Crippen molar-refractivity contribution in [1.82, 2.24) is 10.2 Å². The summed E-state index contributed by atoms with van der Waals surface area (Å²) in [5.41, 5.74) is 0. The second-order valence-electron chi connectivity index (χ2n) is 5.05. The van der Waals surface area contributed by atoms with E-state index in [1.54, 1.807) is 0 Å². The Balaban J connectivity index is 2.19. The van der Waals surface area contributed by atoms with Crippen LogP contribution in [0.4, 0.5) is 0 Å². The molecule has 0 amide bonds. The topological polar surface area (TPSA) is 24.5 Å². The molecule has 0 aromatic carbocycles. The summed E-state index contributed by atoms with van der Waals surface area (Å²) in [7, 11) is 1.85. The van der Waals surface area contributed by atoms with Crippen LogP contribution in [0.1, 0.15) is 46.0 Å². The van der Waals surface area contributed by atoms with Crippen LogP contribution in [0.15, 0.2) is 0 Å². The molecule has 0 spiro atoms. The van der Waals surface area contributed by atoms with Crippen molar-refractivity contribution >= 4 is 0 Å². The van der Waals surface area contributed by atoms with Gasteiger partial charge >= 0.3 is 0 Å². The first kappa shape index (κ1) is 14.9. The lowest BCUT2D eigenvalue weighted by molar-refractivity contribution is 0.0411. The third kappa shape index (κ3) is 5.36. The van der Waals surface area contributed by atoms with Crippen molar-refractivity contribution in [3.8, 4) is 0 Å². The van der Waals surface area contributed by atoms with Crippen LogP contribution in [0.5, 0.6) is 0 Å². The lowest BCUT2D eigenvalue weighted by Gasteiger charge is -2.32. The van der Waals surface area contributed by atoms with Crippen molar-refractivity contribution in [1.29, 1.82) is 0 Å². The molecule has 2 unspecified atom stereocenters. The first-order valence-corrected chi connectivity index (χ1v) is 7.30. The van der Waals surface area contributed by atoms with Gasteiger partial charge in [0.2, 0.25) is 0 Å². The van der Waals surface area contributed by atoms with Crippen LogP contribution in [0, 0.1) is 0 Å². The fourth-order valence-electron chi connectivity index (χ4n) is 2.76. The molecule has 3 heteroatoms. The van der Waals surface area contributed by atoms with Crippen LogP contribution < -0.4 is 5.32 Å². The SMILES string of the molecule is CCCN(CC)CCNC1CCCCC1OC. The highest BCUT2D eigenvalue weighted by molar-refractivity contribution is 4.81. The molecule has 2 atom stereocenters. The molecule has 1 aliphatic carbocycles. The van der Waals surface area contributed by atoms with E-state index in [1.165, 1.54) is 38.6 Å². The number of likely N-dealkylation sites (N-methyl/N-ethyl adjacent to an activating group) is 1. The molecule has 1 N–H and O–H groups in total. The van der Waals surface area contributed by atoms with Crippen molar-refractivity contribution < 1.29 is 4.74 Å². The lowest BCUT2D eigenvalue weighted by Crippen LogP contribution is -2.45. The van der Waals surface area contributed by atoms with Gasteiger partial charge in [0.1, 0.15) is 0 Å². The van der Waals surface area contributed by atoms with E-state index in [9.17, 15) is 0 Å². The monoisotopic (exact) mass is 242 g/mol. The molecule has 0 bridgehead atoms. The number of nitrogens with zero attached hydrogens (tertiary/aromatic N) is 1. The van der Waals surface area contributed by atoms with Crippen LogP contribution >= 0.6 is 0 Å². The first-order valence-electron chi connectivity index (χ1n) is 7.30. The van der Waals surface area contributed by atoms with E-state index in [0.29, 0.717) is 12.1 Å². The average Bonchev–Trinajstić information content (AvgIpc) is 2.38. The molecule has 0 aromatic rings. The van der Waals surface area contributed by atoms with Gasteiger partial charge in [-0.1, -0.05) is 26.7 Å². The summed E-state index contributed by atoms with van der Waals surface area (Å²) < 4.78 is 5.56. The van der Waals surface area contributed by atoms with Gasteiger partial charge in [-0.2, -0.15) is 0 Å². The van der Waals surface area contributed by atoms with Gasteiger partial charge in [-0.3, -0.25) is 0 Å². The molecule has 0 heterocycles. The zero-order valence-corrected chi connectivity index (χ0v) is 11.9. The molecule has 0 radical (unpaired) electrons. The molecule has 1 aliphatic rings. The quantitative estimate of drug-likeness (QED) is 0.706. The lowest BCUT2D eigenvalue weighted by atomic mass is 9.92. The van der Waals surface area contributed by atoms with Gasteiger partial charge in [-0.15, -0.1) is 0 Å². The van der Waals surface area contributed by atoms with Crippen molar-refractivity contribution in [3.05, 3.63) is 0 Å². The number of hydrogen-bond donors (Lipinski definition) is 1. The first-order chi connectivity index (χ1) is 8.31. The van der Waals surface area contributed by atoms with Gasteiger partial charge in [0.25, 0.3) is 0 Å². The molecule has 17 heavy (non-hydrogen) atoms. The molecule has 102 valence electrons. The Morgan fingerprint density at radius 3 is 2.59 bits per heavy atom. The fourth-order valence-corrected chi connectivity index (χ4v) is 2.76. The molecule has 3 nitrogen and oxygen atoms in total. The summed E-state index contributed by atoms with van der Waals surface area (Å²) >= 11 is 0. The van der Waals surface area contributed by atoms with Crippen molar-refractivity contribution in [2.24, 2.45) is 0 Å². The number of rotatable bonds is 8. The minimum atomic E-state index is 0.435.